The van der Waals surface area contributed by atoms with Gasteiger partial charge in [-0.2, -0.15) is 13.0 Å². The maximum Gasteiger partial charge on any atom is 0.307 e. The van der Waals surface area contributed by atoms with Crippen molar-refractivity contribution in [3.63, 3.8) is 0 Å². The molecule has 12 nitrogen and oxygen atoms in total. The Labute approximate surface area is 440 Å². The van der Waals surface area contributed by atoms with Gasteiger partial charge >= 0.3 is 11.9 Å². The Morgan fingerprint density at radius 2 is 1.44 bits per heavy atom. The molecule has 2 aliphatic rings. The van der Waals surface area contributed by atoms with Crippen LogP contribution in [0.25, 0.3) is 0 Å². The van der Waals surface area contributed by atoms with Crippen LogP contribution in [0, 0.1) is 27.3 Å². The second-order valence-corrected chi connectivity index (χ2v) is 24.8. The zero-order valence-electron chi connectivity index (χ0n) is 33.4. The number of halogens is 6. The van der Waals surface area contributed by atoms with Gasteiger partial charge in [0.15, 0.2) is 11.6 Å². The molecular weight excluding hydrogens is 1510 g/mol. The highest BCUT2D eigenvalue weighted by atomic mass is 127. The SMILES string of the molecule is CCCCC(C(=O)O)C1(C)/C(=C/C=C/C=C/C=C/C2=[N+](CCCS(=O)(=O)[O-])c3cc(I)c(I)c(I)c3C2(C)CCCCCC(=O)O)N(CS(=O)(=O)O)c2cc(I)c(I)c(I)c21. The lowest BCUT2D eigenvalue weighted by atomic mass is 9.69. The summed E-state index contributed by atoms with van der Waals surface area (Å²) in [6.07, 6.45) is 17.4. The van der Waals surface area contributed by atoms with Gasteiger partial charge in [-0.3, -0.25) is 14.1 Å². The summed E-state index contributed by atoms with van der Waals surface area (Å²) in [4.78, 5) is 25.8. The number of rotatable bonds is 21. The van der Waals surface area contributed by atoms with Crippen LogP contribution in [0.5, 0.6) is 0 Å². The Balaban J connectivity index is 1.80. The molecule has 0 fully saturated rings. The lowest BCUT2D eigenvalue weighted by Crippen LogP contribution is -2.41. The van der Waals surface area contributed by atoms with Crippen LogP contribution >= 0.6 is 136 Å². The molecule has 3 atom stereocenters. The van der Waals surface area contributed by atoms with Gasteiger partial charge in [0.25, 0.3) is 10.1 Å². The van der Waals surface area contributed by atoms with Gasteiger partial charge in [-0.1, -0.05) is 63.0 Å². The van der Waals surface area contributed by atoms with Crippen molar-refractivity contribution in [1.29, 1.82) is 0 Å². The molecule has 2 heterocycles. The van der Waals surface area contributed by atoms with Crippen LogP contribution in [0.4, 0.5) is 11.4 Å². The number of hydrogen-bond acceptors (Lipinski definition) is 8. The van der Waals surface area contributed by atoms with Crippen molar-refractivity contribution in [2.24, 2.45) is 5.92 Å². The van der Waals surface area contributed by atoms with Crippen molar-refractivity contribution < 1.29 is 50.3 Å². The van der Waals surface area contributed by atoms with Crippen molar-refractivity contribution in [3.8, 4) is 0 Å². The van der Waals surface area contributed by atoms with E-state index in [0.717, 1.165) is 57.6 Å². The Morgan fingerprint density at radius 1 is 0.836 bits per heavy atom. The van der Waals surface area contributed by atoms with Gasteiger partial charge in [-0.15, -0.1) is 0 Å². The molecule has 61 heavy (non-hydrogen) atoms. The molecule has 0 saturated carbocycles. The summed E-state index contributed by atoms with van der Waals surface area (Å²) in [7, 11) is -8.98. The highest BCUT2D eigenvalue weighted by Gasteiger charge is 2.54. The second-order valence-electron chi connectivity index (χ2n) is 15.3. The summed E-state index contributed by atoms with van der Waals surface area (Å²) in [6.45, 7) is 6.27. The Hall–Kier alpha value is 0.0100. The zero-order chi connectivity index (χ0) is 45.7. The average molecular weight is 1550 g/mol. The number of carboxylic acids is 2. The summed E-state index contributed by atoms with van der Waals surface area (Å²) >= 11 is 13.6. The van der Waals surface area contributed by atoms with E-state index in [0.29, 0.717) is 49.2 Å². The van der Waals surface area contributed by atoms with Gasteiger partial charge in [-0.25, -0.2) is 8.42 Å². The normalized spacial score (nSPS) is 20.5. The van der Waals surface area contributed by atoms with Gasteiger partial charge in [0.2, 0.25) is 5.69 Å². The second kappa shape index (κ2) is 22.7. The molecule has 0 bridgehead atoms. The summed E-state index contributed by atoms with van der Waals surface area (Å²) in [5.74, 6) is -3.99. The van der Waals surface area contributed by atoms with Crippen LogP contribution in [0.3, 0.4) is 0 Å². The number of nitrogens with zero attached hydrogens (tertiary/aromatic N) is 2. The van der Waals surface area contributed by atoms with Gasteiger partial charge in [0.1, 0.15) is 6.54 Å². The fraction of sp³-hybridized carbons (Fsp3) is 0.439. The van der Waals surface area contributed by atoms with Crippen LogP contribution < -0.4 is 4.90 Å². The van der Waals surface area contributed by atoms with Crippen LogP contribution in [-0.2, 0) is 40.7 Å². The molecule has 0 spiro atoms. The van der Waals surface area contributed by atoms with Crippen molar-refractivity contribution >= 4 is 185 Å². The Morgan fingerprint density at radius 3 is 2.03 bits per heavy atom. The van der Waals surface area contributed by atoms with Gasteiger partial charge in [0.05, 0.1) is 27.0 Å². The lowest BCUT2D eigenvalue weighted by Gasteiger charge is -2.35. The predicted molar refractivity (Wildman–Crippen MR) is 289 cm³/mol. The molecule has 2 aromatic rings. The topological polar surface area (TPSA) is 192 Å². The molecule has 2 aromatic carbocycles. The maximum atomic E-state index is 13.0. The fourth-order valence-corrected chi connectivity index (χ4v) is 14.7. The van der Waals surface area contributed by atoms with Crippen molar-refractivity contribution in [2.75, 3.05) is 23.1 Å². The predicted octanol–water partition coefficient (Wildman–Crippen LogP) is 10.7. The highest BCUT2D eigenvalue weighted by molar-refractivity contribution is 14.1. The first kappa shape index (κ1) is 53.6. The molecule has 3 N–H and O–H groups in total. The third-order valence-electron chi connectivity index (χ3n) is 11.0. The van der Waals surface area contributed by atoms with E-state index in [-0.39, 0.29) is 12.8 Å². The number of carboxylic acid groups (broad SMARTS) is 2. The zero-order valence-corrected chi connectivity index (χ0v) is 48.0. The number of aliphatic carboxylic acids is 2. The van der Waals surface area contributed by atoms with Crippen LogP contribution in [0.1, 0.15) is 89.7 Å². The minimum absolute atomic E-state index is 0.0873. The smallest absolute Gasteiger partial charge is 0.307 e. The third kappa shape index (κ3) is 12.9. The summed E-state index contributed by atoms with van der Waals surface area (Å²) in [5.41, 5.74) is 2.96. The Kier molecular flexibility index (Phi) is 19.9. The summed E-state index contributed by atoms with van der Waals surface area (Å²) < 4.78 is 77.9. The minimum atomic E-state index is -4.54. The first-order chi connectivity index (χ1) is 28.4. The number of unbranched alkanes of at least 4 members (excludes halogenated alkanes) is 3. The summed E-state index contributed by atoms with van der Waals surface area (Å²) in [6, 6.07) is 3.92. The van der Waals surface area contributed by atoms with Gasteiger partial charge in [-0.05, 0) is 181 Å². The monoisotopic (exact) mass is 1550 g/mol. The quantitative estimate of drug-likeness (QED) is 0.0269. The van der Waals surface area contributed by atoms with Crippen molar-refractivity contribution in [3.05, 3.63) is 92.9 Å². The molecule has 0 amide bonds. The van der Waals surface area contributed by atoms with Gasteiger partial charge < -0.3 is 19.7 Å². The van der Waals surface area contributed by atoms with E-state index in [2.05, 4.69) is 153 Å². The van der Waals surface area contributed by atoms with E-state index in [1.54, 1.807) is 24.3 Å². The number of hydrogen-bond donors (Lipinski definition) is 3. The van der Waals surface area contributed by atoms with E-state index in [9.17, 15) is 45.7 Å². The van der Waals surface area contributed by atoms with E-state index >= 15 is 0 Å². The lowest BCUT2D eigenvalue weighted by molar-refractivity contribution is -0.437. The van der Waals surface area contributed by atoms with Crippen LogP contribution in [0.2, 0.25) is 0 Å². The highest BCUT2D eigenvalue weighted by Crippen LogP contribution is 2.56. The molecule has 0 aliphatic carbocycles. The first-order valence-electron chi connectivity index (χ1n) is 19.2. The molecule has 2 aliphatic heterocycles. The molecule has 3 unspecified atom stereocenters. The molecule has 0 saturated heterocycles. The minimum Gasteiger partial charge on any atom is -0.748 e. The molecular formula is C41H46I6N2O10S2. The van der Waals surface area contributed by atoms with E-state index < -0.39 is 60.6 Å². The molecule has 4 rings (SSSR count). The molecule has 0 radical (unpaired) electrons. The third-order valence-corrected chi connectivity index (χ3v) is 22.6. The maximum absolute atomic E-state index is 13.0. The van der Waals surface area contributed by atoms with E-state index in [1.807, 2.05) is 38.1 Å². The average Bonchev–Trinajstić information content (AvgIpc) is 3.50. The number of benzene rings is 2. The number of allylic oxidation sites excluding steroid dienone is 8. The molecule has 20 heteroatoms. The fourth-order valence-electron chi connectivity index (χ4n) is 8.27. The van der Waals surface area contributed by atoms with Crippen LogP contribution in [0.15, 0.2) is 60.4 Å². The van der Waals surface area contributed by atoms with Crippen LogP contribution in [-0.4, -0.2) is 76.6 Å². The molecule has 0 aromatic heterocycles. The molecule has 334 valence electrons. The first-order valence-corrected chi connectivity index (χ1v) is 28.9. The van der Waals surface area contributed by atoms with Crippen molar-refractivity contribution in [2.45, 2.75) is 89.4 Å². The number of fused-ring (bicyclic) bond motifs is 2. The summed E-state index contributed by atoms with van der Waals surface area (Å²) in [5, 5.41) is 19.9. The van der Waals surface area contributed by atoms with E-state index in [4.69, 9.17) is 0 Å². The van der Waals surface area contributed by atoms with Crippen molar-refractivity contribution in [1.82, 2.24) is 0 Å². The van der Waals surface area contributed by atoms with Gasteiger partial charge in [0, 0.05) is 74.5 Å². The standard InChI is InChI=1S/C41H46I6N2O10S2/c1-4-5-15-25(39(52)53)41(3)31(49(24-61(57,58)59)29-23-27(43)36(45)38(47)34(29)41)17-11-8-6-7-10-16-30-40(2,19-13-9-12-18-32(50)51)33-28(22-26(42)35(44)37(33)46)48(30)20-14-21-60(54,55)56/h6-8,10-11,16-17,22-23,25H,4-5,9,12-15,18-21,24H2,1-3H3,(H3-,50,51,52,53,54,55,56,57,58,59). The number of anilines is 1. The number of carbonyl (C=O) groups is 2. The largest absolute Gasteiger partial charge is 0.748 e. The van der Waals surface area contributed by atoms with E-state index in [1.165, 1.54) is 4.90 Å². The Bertz CT molecular complexity index is 2440.